The van der Waals surface area contributed by atoms with Crippen LogP contribution in [0.2, 0.25) is 0 Å². The van der Waals surface area contributed by atoms with Gasteiger partial charge in [-0.15, -0.1) is 11.3 Å². The second-order valence-corrected chi connectivity index (χ2v) is 7.97. The zero-order chi connectivity index (χ0) is 21.4. The van der Waals surface area contributed by atoms with Gasteiger partial charge in [-0.05, 0) is 30.5 Å². The summed E-state index contributed by atoms with van der Waals surface area (Å²) >= 11 is 1.29. The van der Waals surface area contributed by atoms with Crippen LogP contribution in [0.25, 0.3) is 10.2 Å². The number of thiophene rings is 1. The number of primary amides is 1. The molecule has 0 spiro atoms. The van der Waals surface area contributed by atoms with E-state index in [1.807, 2.05) is 0 Å². The van der Waals surface area contributed by atoms with Gasteiger partial charge < -0.3 is 16.0 Å². The first kappa shape index (κ1) is 20.0. The van der Waals surface area contributed by atoms with Crippen LogP contribution in [-0.2, 0) is 16.1 Å². The third kappa shape index (κ3) is 3.75. The molecule has 3 N–H and O–H groups in total. The van der Waals surface area contributed by atoms with E-state index in [9.17, 15) is 18.8 Å². The lowest BCUT2D eigenvalue weighted by atomic mass is 10.2. The van der Waals surface area contributed by atoms with Gasteiger partial charge in [0.1, 0.15) is 24.6 Å². The molecule has 2 atom stereocenters. The van der Waals surface area contributed by atoms with Gasteiger partial charge in [0, 0.05) is 12.1 Å². The average molecular weight is 430 g/mol. The summed E-state index contributed by atoms with van der Waals surface area (Å²) in [6, 6.07) is 5.92. The molecule has 0 aromatic carbocycles. The van der Waals surface area contributed by atoms with Crippen molar-refractivity contribution in [2.45, 2.75) is 32.1 Å². The first-order valence-electron chi connectivity index (χ1n) is 9.25. The van der Waals surface area contributed by atoms with Crippen molar-refractivity contribution in [2.24, 2.45) is 5.73 Å². The molecule has 11 heteroatoms. The lowest BCUT2D eigenvalue weighted by Gasteiger charge is -2.23. The topological polar surface area (TPSA) is 123 Å². The number of fused-ring (bicyclic) bond motifs is 1. The minimum Gasteiger partial charge on any atom is -0.364 e. The van der Waals surface area contributed by atoms with Crippen molar-refractivity contribution >= 4 is 45.1 Å². The van der Waals surface area contributed by atoms with Crippen LogP contribution in [0.4, 0.5) is 10.2 Å². The number of anilines is 1. The molecule has 3 aromatic heterocycles. The third-order valence-corrected chi connectivity index (χ3v) is 5.80. The summed E-state index contributed by atoms with van der Waals surface area (Å²) in [4.78, 5) is 42.6. The second kappa shape index (κ2) is 7.82. The fourth-order valence-corrected chi connectivity index (χ4v) is 4.41. The van der Waals surface area contributed by atoms with Crippen LogP contribution in [0, 0.1) is 6.92 Å². The molecule has 1 saturated heterocycles. The van der Waals surface area contributed by atoms with Crippen molar-refractivity contribution in [3.05, 3.63) is 41.0 Å². The zero-order valence-electron chi connectivity index (χ0n) is 16.0. The highest BCUT2D eigenvalue weighted by Gasteiger charge is 2.40. The number of aromatic nitrogens is 3. The minimum atomic E-state index is -1.31. The van der Waals surface area contributed by atoms with Gasteiger partial charge in [0.15, 0.2) is 5.69 Å². The number of nitrogens with one attached hydrogen (secondary N) is 1. The molecule has 0 radical (unpaired) electrons. The number of carbonyl (C=O) groups excluding carboxylic acids is 3. The maximum atomic E-state index is 14.1. The number of carbonyl (C=O) groups is 3. The van der Waals surface area contributed by atoms with Crippen molar-refractivity contribution in [1.82, 2.24) is 19.7 Å². The summed E-state index contributed by atoms with van der Waals surface area (Å²) in [6.07, 6.45) is -1.40. The van der Waals surface area contributed by atoms with E-state index in [1.165, 1.54) is 20.9 Å². The average Bonchev–Trinajstić information content (AvgIpc) is 3.37. The van der Waals surface area contributed by atoms with Gasteiger partial charge in [-0.1, -0.05) is 6.07 Å². The van der Waals surface area contributed by atoms with Crippen molar-refractivity contribution < 1.29 is 18.8 Å². The maximum Gasteiger partial charge on any atom is 0.270 e. The SMILES string of the molecule is Cc1cccc(NC(=O)[C@@H]2C[C@@H](F)CN2C(=O)Cn2nc(C(N)=O)c3sccc32)n1. The smallest absolute Gasteiger partial charge is 0.270 e. The van der Waals surface area contributed by atoms with Crippen LogP contribution in [-0.4, -0.2) is 56.1 Å². The highest BCUT2D eigenvalue weighted by Crippen LogP contribution is 2.26. The Kier molecular flexibility index (Phi) is 5.20. The molecular formula is C19H19FN6O3S. The number of pyridine rings is 1. The molecular weight excluding hydrogens is 411 g/mol. The highest BCUT2D eigenvalue weighted by molar-refractivity contribution is 7.17. The van der Waals surface area contributed by atoms with E-state index >= 15 is 0 Å². The Morgan fingerprint density at radius 1 is 1.33 bits per heavy atom. The van der Waals surface area contributed by atoms with Gasteiger partial charge >= 0.3 is 0 Å². The normalized spacial score (nSPS) is 18.7. The second-order valence-electron chi connectivity index (χ2n) is 7.05. The Labute approximate surface area is 174 Å². The van der Waals surface area contributed by atoms with E-state index < -0.39 is 29.9 Å². The van der Waals surface area contributed by atoms with Crippen LogP contribution in [0.15, 0.2) is 29.6 Å². The predicted octanol–water partition coefficient (Wildman–Crippen LogP) is 1.48. The van der Waals surface area contributed by atoms with Crippen LogP contribution in [0.5, 0.6) is 0 Å². The molecule has 0 bridgehead atoms. The molecule has 0 aliphatic carbocycles. The molecule has 3 amide bonds. The van der Waals surface area contributed by atoms with E-state index in [-0.39, 0.29) is 25.2 Å². The number of alkyl halides is 1. The van der Waals surface area contributed by atoms with Gasteiger partial charge in [-0.25, -0.2) is 9.37 Å². The number of nitrogens with two attached hydrogens (primary N) is 1. The van der Waals surface area contributed by atoms with Crippen LogP contribution >= 0.6 is 11.3 Å². The molecule has 1 fully saturated rings. The molecule has 9 nitrogen and oxygen atoms in total. The molecule has 156 valence electrons. The van der Waals surface area contributed by atoms with Gasteiger partial charge in [-0.3, -0.25) is 19.1 Å². The summed E-state index contributed by atoms with van der Waals surface area (Å²) in [5.74, 6) is -1.32. The Morgan fingerprint density at radius 2 is 2.13 bits per heavy atom. The first-order valence-corrected chi connectivity index (χ1v) is 10.1. The summed E-state index contributed by atoms with van der Waals surface area (Å²) in [7, 11) is 0. The number of halogens is 1. The number of aryl methyl sites for hydroxylation is 1. The quantitative estimate of drug-likeness (QED) is 0.635. The fraction of sp³-hybridized carbons (Fsp3) is 0.316. The van der Waals surface area contributed by atoms with Crippen molar-refractivity contribution in [2.75, 3.05) is 11.9 Å². The number of rotatable bonds is 5. The maximum absolute atomic E-state index is 14.1. The van der Waals surface area contributed by atoms with Gasteiger partial charge in [0.05, 0.1) is 16.8 Å². The van der Waals surface area contributed by atoms with Gasteiger partial charge in [-0.2, -0.15) is 5.10 Å². The number of hydrogen-bond donors (Lipinski definition) is 2. The summed E-state index contributed by atoms with van der Waals surface area (Å²) in [6.45, 7) is 1.36. The highest BCUT2D eigenvalue weighted by atomic mass is 32.1. The van der Waals surface area contributed by atoms with E-state index in [0.29, 0.717) is 16.0 Å². The number of nitrogens with zero attached hydrogens (tertiary/aromatic N) is 4. The predicted molar refractivity (Wildman–Crippen MR) is 109 cm³/mol. The molecule has 3 aromatic rings. The van der Waals surface area contributed by atoms with E-state index in [2.05, 4.69) is 15.4 Å². The molecule has 4 heterocycles. The molecule has 1 aliphatic rings. The number of amides is 3. The first-order chi connectivity index (χ1) is 14.3. The summed E-state index contributed by atoms with van der Waals surface area (Å²) in [5.41, 5.74) is 6.75. The zero-order valence-corrected chi connectivity index (χ0v) is 16.9. The van der Waals surface area contributed by atoms with E-state index in [1.54, 1.807) is 36.6 Å². The molecule has 4 rings (SSSR count). The van der Waals surface area contributed by atoms with Crippen LogP contribution in [0.3, 0.4) is 0 Å². The van der Waals surface area contributed by atoms with Crippen LogP contribution in [0.1, 0.15) is 22.6 Å². The van der Waals surface area contributed by atoms with Gasteiger partial charge in [0.25, 0.3) is 5.91 Å². The largest absolute Gasteiger partial charge is 0.364 e. The van der Waals surface area contributed by atoms with Crippen molar-refractivity contribution in [3.8, 4) is 0 Å². The Morgan fingerprint density at radius 3 is 2.87 bits per heavy atom. The number of likely N-dealkylation sites (tertiary alicyclic amines) is 1. The summed E-state index contributed by atoms with van der Waals surface area (Å²) < 4.78 is 16.1. The molecule has 0 unspecified atom stereocenters. The fourth-order valence-electron chi connectivity index (χ4n) is 3.53. The molecule has 30 heavy (non-hydrogen) atoms. The Balaban J connectivity index is 1.53. The van der Waals surface area contributed by atoms with Crippen LogP contribution < -0.4 is 11.1 Å². The third-order valence-electron chi connectivity index (χ3n) is 4.89. The molecule has 0 saturated carbocycles. The van der Waals surface area contributed by atoms with Gasteiger partial charge in [0.2, 0.25) is 11.8 Å². The van der Waals surface area contributed by atoms with E-state index in [4.69, 9.17) is 5.73 Å². The summed E-state index contributed by atoms with van der Waals surface area (Å²) in [5, 5.41) is 8.54. The lowest BCUT2D eigenvalue weighted by molar-refractivity contribution is -0.137. The Bertz CT molecular complexity index is 1140. The lowest BCUT2D eigenvalue weighted by Crippen LogP contribution is -2.44. The minimum absolute atomic E-state index is 0.0809. The monoisotopic (exact) mass is 430 g/mol. The van der Waals surface area contributed by atoms with Crippen molar-refractivity contribution in [3.63, 3.8) is 0 Å². The number of hydrogen-bond acceptors (Lipinski definition) is 6. The standard InChI is InChI=1S/C19H19FN6O3S/c1-10-3-2-4-14(22-10)23-19(29)13-7-11(20)8-25(13)15(27)9-26-12-5-6-30-17(12)16(24-26)18(21)28/h2-6,11,13H,7-9H2,1H3,(H2,21,28)(H,22,23,29)/t11-,13+/m1/s1. The van der Waals surface area contributed by atoms with Crippen molar-refractivity contribution in [1.29, 1.82) is 0 Å². The Hall–Kier alpha value is -3.34. The molecule has 1 aliphatic heterocycles. The van der Waals surface area contributed by atoms with E-state index in [0.717, 1.165) is 5.69 Å².